The first-order valence-electron chi connectivity index (χ1n) is 6.58. The van der Waals surface area contributed by atoms with Gasteiger partial charge in [0.2, 0.25) is 11.8 Å². The van der Waals surface area contributed by atoms with Gasteiger partial charge in [0.25, 0.3) is 0 Å². The van der Waals surface area contributed by atoms with Crippen LogP contribution in [0.3, 0.4) is 0 Å². The van der Waals surface area contributed by atoms with Gasteiger partial charge in [-0.3, -0.25) is 14.4 Å². The van der Waals surface area contributed by atoms with Crippen molar-refractivity contribution in [2.75, 3.05) is 32.8 Å². The minimum atomic E-state index is -0.979. The molecule has 1 rings (SSSR count). The number of carboxylic acids is 1. The van der Waals surface area contributed by atoms with Crippen molar-refractivity contribution < 1.29 is 24.2 Å². The average molecular weight is 287 g/mol. The number of nitrogens with two attached hydrogens (primary N) is 1. The van der Waals surface area contributed by atoms with Gasteiger partial charge in [-0.2, -0.15) is 0 Å². The molecule has 114 valence electrons. The molecule has 0 radical (unpaired) electrons. The van der Waals surface area contributed by atoms with Crippen LogP contribution in [0.25, 0.3) is 0 Å². The van der Waals surface area contributed by atoms with E-state index in [1.165, 1.54) is 4.90 Å². The van der Waals surface area contributed by atoms with Crippen molar-refractivity contribution in [2.45, 2.75) is 19.4 Å². The summed E-state index contributed by atoms with van der Waals surface area (Å²) in [4.78, 5) is 35.8. The molecule has 0 aromatic carbocycles. The van der Waals surface area contributed by atoms with E-state index in [1.54, 1.807) is 0 Å². The first-order valence-corrected chi connectivity index (χ1v) is 6.58. The largest absolute Gasteiger partial charge is 0.481 e. The van der Waals surface area contributed by atoms with Crippen molar-refractivity contribution in [3.8, 4) is 0 Å². The Balaban J connectivity index is 2.69. The van der Waals surface area contributed by atoms with Gasteiger partial charge in [-0.1, -0.05) is 6.92 Å². The SMILES string of the molecule is CCCN(C(=O)CNC(=O)CN)C1COCC1C(=O)O. The third-order valence-corrected chi connectivity index (χ3v) is 3.18. The lowest BCUT2D eigenvalue weighted by atomic mass is 10.0. The van der Waals surface area contributed by atoms with Gasteiger partial charge in [-0.25, -0.2) is 0 Å². The number of nitrogens with one attached hydrogen (secondary N) is 1. The van der Waals surface area contributed by atoms with Crippen LogP contribution in [0.4, 0.5) is 0 Å². The van der Waals surface area contributed by atoms with E-state index in [2.05, 4.69) is 5.32 Å². The maximum atomic E-state index is 12.1. The van der Waals surface area contributed by atoms with Gasteiger partial charge >= 0.3 is 5.97 Å². The predicted octanol–water partition coefficient (Wildman–Crippen LogP) is -1.60. The van der Waals surface area contributed by atoms with Gasteiger partial charge in [0.15, 0.2) is 0 Å². The highest BCUT2D eigenvalue weighted by Gasteiger charge is 2.39. The summed E-state index contributed by atoms with van der Waals surface area (Å²) in [6.07, 6.45) is 0.694. The van der Waals surface area contributed by atoms with Gasteiger partial charge in [0.05, 0.1) is 32.3 Å². The molecule has 2 unspecified atom stereocenters. The molecule has 2 amide bonds. The van der Waals surface area contributed by atoms with E-state index in [-0.39, 0.29) is 32.2 Å². The van der Waals surface area contributed by atoms with Crippen LogP contribution >= 0.6 is 0 Å². The predicted molar refractivity (Wildman–Crippen MR) is 69.8 cm³/mol. The minimum absolute atomic E-state index is 0.0999. The van der Waals surface area contributed by atoms with Crippen molar-refractivity contribution in [3.05, 3.63) is 0 Å². The maximum absolute atomic E-state index is 12.1. The molecule has 4 N–H and O–H groups in total. The van der Waals surface area contributed by atoms with Crippen molar-refractivity contribution in [1.29, 1.82) is 0 Å². The number of nitrogens with zero attached hydrogens (tertiary/aromatic N) is 1. The zero-order valence-electron chi connectivity index (χ0n) is 11.5. The van der Waals surface area contributed by atoms with Crippen LogP contribution in [0, 0.1) is 5.92 Å². The molecular weight excluding hydrogens is 266 g/mol. The first-order chi connectivity index (χ1) is 9.51. The Morgan fingerprint density at radius 3 is 2.65 bits per heavy atom. The summed E-state index contributed by atoms with van der Waals surface area (Å²) in [5.41, 5.74) is 5.14. The van der Waals surface area contributed by atoms with Crippen molar-refractivity contribution >= 4 is 17.8 Å². The van der Waals surface area contributed by atoms with Gasteiger partial charge in [0.1, 0.15) is 5.92 Å². The Bertz CT molecular complexity index is 374. The van der Waals surface area contributed by atoms with Gasteiger partial charge in [-0.15, -0.1) is 0 Å². The zero-order chi connectivity index (χ0) is 15.1. The van der Waals surface area contributed by atoms with Crippen LogP contribution in [0.2, 0.25) is 0 Å². The molecule has 8 heteroatoms. The number of aliphatic carboxylic acids is 1. The number of hydrogen-bond donors (Lipinski definition) is 3. The highest BCUT2D eigenvalue weighted by Crippen LogP contribution is 2.20. The second-order valence-corrected chi connectivity index (χ2v) is 4.62. The summed E-state index contributed by atoms with van der Waals surface area (Å²) in [7, 11) is 0. The molecule has 1 heterocycles. The number of carboxylic acid groups (broad SMARTS) is 1. The maximum Gasteiger partial charge on any atom is 0.311 e. The van der Waals surface area contributed by atoms with Gasteiger partial charge < -0.3 is 25.8 Å². The number of rotatable bonds is 7. The number of ether oxygens (including phenoxy) is 1. The normalized spacial score (nSPS) is 21.5. The Morgan fingerprint density at radius 1 is 1.40 bits per heavy atom. The lowest BCUT2D eigenvalue weighted by molar-refractivity contribution is -0.145. The second-order valence-electron chi connectivity index (χ2n) is 4.62. The topological polar surface area (TPSA) is 122 Å². The van der Waals surface area contributed by atoms with Crippen molar-refractivity contribution in [1.82, 2.24) is 10.2 Å². The van der Waals surface area contributed by atoms with E-state index >= 15 is 0 Å². The fourth-order valence-corrected chi connectivity index (χ4v) is 2.15. The first kappa shape index (κ1) is 16.4. The summed E-state index contributed by atoms with van der Waals surface area (Å²) < 4.78 is 5.17. The highest BCUT2D eigenvalue weighted by molar-refractivity contribution is 5.86. The lowest BCUT2D eigenvalue weighted by Gasteiger charge is -2.30. The molecule has 2 atom stereocenters. The molecule has 0 aliphatic carbocycles. The average Bonchev–Trinajstić information content (AvgIpc) is 2.90. The van der Waals surface area contributed by atoms with Crippen LogP contribution < -0.4 is 11.1 Å². The molecule has 1 aliphatic heterocycles. The third-order valence-electron chi connectivity index (χ3n) is 3.18. The molecule has 1 fully saturated rings. The summed E-state index contributed by atoms with van der Waals surface area (Å²) >= 11 is 0. The molecule has 0 saturated carbocycles. The van der Waals surface area contributed by atoms with E-state index < -0.39 is 23.8 Å². The summed E-state index contributed by atoms with van der Waals surface area (Å²) in [5, 5.41) is 11.5. The van der Waals surface area contributed by atoms with Crippen molar-refractivity contribution in [2.24, 2.45) is 11.7 Å². The highest BCUT2D eigenvalue weighted by atomic mass is 16.5. The van der Waals surface area contributed by atoms with E-state index in [1.807, 2.05) is 6.92 Å². The number of hydrogen-bond acceptors (Lipinski definition) is 5. The molecule has 20 heavy (non-hydrogen) atoms. The van der Waals surface area contributed by atoms with E-state index in [9.17, 15) is 14.4 Å². The quantitative estimate of drug-likeness (QED) is 0.518. The molecular formula is C12H21N3O5. The lowest BCUT2D eigenvalue weighted by Crippen LogP contribution is -2.50. The van der Waals surface area contributed by atoms with Gasteiger partial charge in [0, 0.05) is 6.54 Å². The molecule has 0 spiro atoms. The second kappa shape index (κ2) is 7.81. The monoisotopic (exact) mass is 287 g/mol. The molecule has 0 aromatic rings. The fraction of sp³-hybridized carbons (Fsp3) is 0.750. The summed E-state index contributed by atoms with van der Waals surface area (Å²) in [5.74, 6) is -2.45. The van der Waals surface area contributed by atoms with Crippen LogP contribution in [0.15, 0.2) is 0 Å². The van der Waals surface area contributed by atoms with E-state index in [0.717, 1.165) is 0 Å². The van der Waals surface area contributed by atoms with Crippen LogP contribution in [0.5, 0.6) is 0 Å². The molecule has 1 saturated heterocycles. The Labute approximate surface area is 117 Å². The number of amides is 2. The smallest absolute Gasteiger partial charge is 0.311 e. The number of carbonyl (C=O) groups is 3. The third kappa shape index (κ3) is 4.17. The van der Waals surface area contributed by atoms with Gasteiger partial charge in [-0.05, 0) is 6.42 Å². The molecule has 0 aromatic heterocycles. The standard InChI is InChI=1S/C12H21N3O5/c1-2-3-15(11(17)5-14-10(16)4-13)9-7-20-6-8(9)12(18)19/h8-9H,2-7,13H2,1H3,(H,14,16)(H,18,19). The minimum Gasteiger partial charge on any atom is -0.481 e. The Kier molecular flexibility index (Phi) is 6.40. The molecule has 8 nitrogen and oxygen atoms in total. The number of carbonyl (C=O) groups excluding carboxylic acids is 2. The Hall–Kier alpha value is -1.67. The van der Waals surface area contributed by atoms with Crippen LogP contribution in [0.1, 0.15) is 13.3 Å². The van der Waals surface area contributed by atoms with E-state index in [0.29, 0.717) is 13.0 Å². The Morgan fingerprint density at radius 2 is 2.10 bits per heavy atom. The van der Waals surface area contributed by atoms with Crippen molar-refractivity contribution in [3.63, 3.8) is 0 Å². The van der Waals surface area contributed by atoms with Crippen LogP contribution in [-0.4, -0.2) is 66.7 Å². The zero-order valence-corrected chi connectivity index (χ0v) is 11.5. The summed E-state index contributed by atoms with van der Waals surface area (Å²) in [6, 6.07) is -0.491. The van der Waals surface area contributed by atoms with Crippen LogP contribution in [-0.2, 0) is 19.1 Å². The van der Waals surface area contributed by atoms with E-state index in [4.69, 9.17) is 15.6 Å². The summed E-state index contributed by atoms with van der Waals surface area (Å²) in [6.45, 7) is 2.25. The fourth-order valence-electron chi connectivity index (χ4n) is 2.15. The molecule has 0 bridgehead atoms. The molecule has 1 aliphatic rings.